The van der Waals surface area contributed by atoms with Crippen molar-refractivity contribution in [3.63, 3.8) is 0 Å². The smallest absolute Gasteiger partial charge is 0.257 e. The summed E-state index contributed by atoms with van der Waals surface area (Å²) in [6.45, 7) is 6.29. The summed E-state index contributed by atoms with van der Waals surface area (Å²) >= 11 is 0. The first-order valence-electron chi connectivity index (χ1n) is 8.42. The molecule has 0 aromatic carbocycles. The Morgan fingerprint density at radius 2 is 2.08 bits per heavy atom. The fraction of sp³-hybridized carbons (Fsp3) is 0.647. The molecule has 1 saturated heterocycles. The molecule has 1 atom stereocenters. The number of β-amino-alcohol motifs (C(OH)–C–C–N with tert-alkyl or cyclic N) is 1. The molecule has 1 aromatic heterocycles. The van der Waals surface area contributed by atoms with Crippen molar-refractivity contribution < 1.29 is 14.6 Å². The van der Waals surface area contributed by atoms with E-state index in [2.05, 4.69) is 9.88 Å². The van der Waals surface area contributed by atoms with Gasteiger partial charge in [0.1, 0.15) is 5.82 Å². The van der Waals surface area contributed by atoms with Gasteiger partial charge in [0.05, 0.1) is 18.3 Å². The first-order chi connectivity index (χ1) is 11.5. The molecule has 1 aliphatic rings. The molecule has 1 unspecified atom stereocenters. The number of aliphatic hydroxyl groups excluding tert-OH is 1. The molecule has 1 amide bonds. The highest BCUT2D eigenvalue weighted by atomic mass is 16.5. The number of amides is 1. The normalized spacial score (nSPS) is 16.9. The molecule has 0 aliphatic carbocycles. The van der Waals surface area contributed by atoms with Crippen LogP contribution in [0.3, 0.4) is 0 Å². The zero-order valence-corrected chi connectivity index (χ0v) is 14.8. The highest BCUT2D eigenvalue weighted by Gasteiger charge is 2.25. The van der Waals surface area contributed by atoms with Crippen LogP contribution in [0.2, 0.25) is 0 Å². The fourth-order valence-electron chi connectivity index (χ4n) is 2.83. The molecule has 0 saturated carbocycles. The van der Waals surface area contributed by atoms with Gasteiger partial charge in [-0.2, -0.15) is 0 Å². The van der Waals surface area contributed by atoms with Crippen molar-refractivity contribution in [3.8, 4) is 0 Å². The molecule has 134 valence electrons. The number of rotatable bonds is 7. The number of hydrogen-bond donors (Lipinski definition) is 1. The summed E-state index contributed by atoms with van der Waals surface area (Å²) in [4.78, 5) is 22.9. The number of carbonyl (C=O) groups excluding carboxylic acids is 1. The second-order valence-electron chi connectivity index (χ2n) is 6.18. The van der Waals surface area contributed by atoms with Crippen LogP contribution in [0.5, 0.6) is 0 Å². The van der Waals surface area contributed by atoms with Crippen LogP contribution in [0.4, 0.5) is 5.82 Å². The zero-order chi connectivity index (χ0) is 17.5. The van der Waals surface area contributed by atoms with Gasteiger partial charge in [-0.05, 0) is 19.1 Å². The van der Waals surface area contributed by atoms with Crippen molar-refractivity contribution in [1.29, 1.82) is 0 Å². The monoisotopic (exact) mass is 336 g/mol. The van der Waals surface area contributed by atoms with Crippen molar-refractivity contribution in [1.82, 2.24) is 14.8 Å². The quantitative estimate of drug-likeness (QED) is 0.773. The van der Waals surface area contributed by atoms with Gasteiger partial charge in [0.2, 0.25) is 0 Å². The number of ether oxygens (including phenoxy) is 1. The van der Waals surface area contributed by atoms with Gasteiger partial charge in [-0.25, -0.2) is 4.98 Å². The minimum absolute atomic E-state index is 0.0151. The first kappa shape index (κ1) is 18.6. The first-order valence-corrected chi connectivity index (χ1v) is 8.42. The Kier molecular flexibility index (Phi) is 6.96. The van der Waals surface area contributed by atoms with Gasteiger partial charge in [-0.15, -0.1) is 0 Å². The summed E-state index contributed by atoms with van der Waals surface area (Å²) in [6, 6.07) is 3.61. The third-order valence-corrected chi connectivity index (χ3v) is 4.08. The molecule has 1 fully saturated rings. The molecule has 0 bridgehead atoms. The van der Waals surface area contributed by atoms with E-state index in [1.54, 1.807) is 12.3 Å². The van der Waals surface area contributed by atoms with Crippen molar-refractivity contribution in [2.24, 2.45) is 0 Å². The molecule has 0 radical (unpaired) electrons. The van der Waals surface area contributed by atoms with Crippen LogP contribution in [-0.4, -0.2) is 91.9 Å². The average molecular weight is 336 g/mol. The van der Waals surface area contributed by atoms with E-state index in [1.807, 2.05) is 36.9 Å². The number of piperazine rings is 1. The Labute approximate surface area is 143 Å². The van der Waals surface area contributed by atoms with E-state index < -0.39 is 6.10 Å². The molecule has 1 N–H and O–H groups in total. The second kappa shape index (κ2) is 8.96. The van der Waals surface area contributed by atoms with E-state index >= 15 is 0 Å². The third kappa shape index (κ3) is 4.90. The van der Waals surface area contributed by atoms with Crippen molar-refractivity contribution in [2.75, 3.05) is 64.9 Å². The van der Waals surface area contributed by atoms with Crippen LogP contribution < -0.4 is 4.90 Å². The Hall–Kier alpha value is -1.70. The number of pyridine rings is 1. The summed E-state index contributed by atoms with van der Waals surface area (Å²) in [7, 11) is 3.77. The van der Waals surface area contributed by atoms with Crippen LogP contribution in [0.15, 0.2) is 18.3 Å². The highest BCUT2D eigenvalue weighted by molar-refractivity contribution is 5.98. The van der Waals surface area contributed by atoms with Crippen molar-refractivity contribution in [2.45, 2.75) is 13.0 Å². The van der Waals surface area contributed by atoms with E-state index in [9.17, 15) is 9.90 Å². The number of anilines is 1. The fourth-order valence-corrected chi connectivity index (χ4v) is 2.83. The van der Waals surface area contributed by atoms with Crippen LogP contribution in [0.1, 0.15) is 17.3 Å². The largest absolute Gasteiger partial charge is 0.389 e. The zero-order valence-electron chi connectivity index (χ0n) is 14.8. The van der Waals surface area contributed by atoms with Crippen molar-refractivity contribution >= 4 is 11.7 Å². The maximum Gasteiger partial charge on any atom is 0.257 e. The second-order valence-corrected chi connectivity index (χ2v) is 6.18. The molecule has 7 heteroatoms. The van der Waals surface area contributed by atoms with E-state index in [4.69, 9.17) is 4.74 Å². The van der Waals surface area contributed by atoms with Crippen LogP contribution in [0.25, 0.3) is 0 Å². The lowest BCUT2D eigenvalue weighted by molar-refractivity contribution is 0.0111. The lowest BCUT2D eigenvalue weighted by atomic mass is 10.2. The summed E-state index contributed by atoms with van der Waals surface area (Å²) in [5.41, 5.74) is 0.632. The van der Waals surface area contributed by atoms with Gasteiger partial charge in [-0.3, -0.25) is 9.69 Å². The molecule has 7 nitrogen and oxygen atoms in total. The number of hydrogen-bond acceptors (Lipinski definition) is 6. The predicted octanol–water partition coefficient (Wildman–Crippen LogP) is 0.303. The average Bonchev–Trinajstić information content (AvgIpc) is 2.60. The van der Waals surface area contributed by atoms with E-state index in [1.165, 1.54) is 0 Å². The molecule has 2 rings (SSSR count). The molecule has 2 heterocycles. The van der Waals surface area contributed by atoms with Gasteiger partial charge < -0.3 is 19.6 Å². The van der Waals surface area contributed by atoms with E-state index in [0.717, 1.165) is 13.1 Å². The van der Waals surface area contributed by atoms with E-state index in [-0.39, 0.29) is 5.91 Å². The minimum Gasteiger partial charge on any atom is -0.389 e. The van der Waals surface area contributed by atoms with Crippen molar-refractivity contribution in [3.05, 3.63) is 23.9 Å². The van der Waals surface area contributed by atoms with Gasteiger partial charge in [0, 0.05) is 59.6 Å². The highest BCUT2D eigenvalue weighted by Crippen LogP contribution is 2.18. The lowest BCUT2D eigenvalue weighted by Gasteiger charge is -2.36. The topological polar surface area (TPSA) is 69.1 Å². The van der Waals surface area contributed by atoms with Crippen LogP contribution in [-0.2, 0) is 4.74 Å². The van der Waals surface area contributed by atoms with E-state index in [0.29, 0.717) is 44.2 Å². The molecular formula is C17H28N4O3. The Morgan fingerprint density at radius 3 is 2.71 bits per heavy atom. The number of carbonyl (C=O) groups is 1. The number of aliphatic hydroxyl groups is 1. The maximum absolute atomic E-state index is 12.8. The minimum atomic E-state index is -0.481. The summed E-state index contributed by atoms with van der Waals surface area (Å²) < 4.78 is 5.24. The SMILES string of the molecule is CCOCC(O)CN1CCN(C(=O)c2cccnc2N(C)C)CC1. The van der Waals surface area contributed by atoms with Crippen LogP contribution >= 0.6 is 0 Å². The predicted molar refractivity (Wildman–Crippen MR) is 93.4 cm³/mol. The molecule has 0 spiro atoms. The molecule has 1 aromatic rings. The molecule has 1 aliphatic heterocycles. The standard InChI is InChI=1S/C17H28N4O3/c1-4-24-13-14(22)12-20-8-10-21(11-9-20)17(23)15-6-5-7-18-16(15)19(2)3/h5-7,14,22H,4,8-13H2,1-3H3. The van der Waals surface area contributed by atoms with Gasteiger partial charge in [-0.1, -0.05) is 0 Å². The Morgan fingerprint density at radius 1 is 1.38 bits per heavy atom. The summed E-state index contributed by atoms with van der Waals surface area (Å²) in [6.07, 6.45) is 1.22. The summed E-state index contributed by atoms with van der Waals surface area (Å²) in [5.74, 6) is 0.707. The Bertz CT molecular complexity index is 530. The lowest BCUT2D eigenvalue weighted by Crippen LogP contribution is -2.51. The van der Waals surface area contributed by atoms with Gasteiger partial charge in [0.25, 0.3) is 5.91 Å². The maximum atomic E-state index is 12.8. The third-order valence-electron chi connectivity index (χ3n) is 4.08. The van der Waals surface area contributed by atoms with Gasteiger partial charge in [0.15, 0.2) is 0 Å². The molecular weight excluding hydrogens is 308 g/mol. The number of aromatic nitrogens is 1. The summed E-state index contributed by atoms with van der Waals surface area (Å²) in [5, 5.41) is 9.92. The van der Waals surface area contributed by atoms with Gasteiger partial charge >= 0.3 is 0 Å². The number of nitrogens with zero attached hydrogens (tertiary/aromatic N) is 4. The molecule has 24 heavy (non-hydrogen) atoms. The Balaban J connectivity index is 1.89. The van der Waals surface area contributed by atoms with Crippen LogP contribution in [0, 0.1) is 0 Å².